The minimum absolute atomic E-state index is 0.102. The molecule has 21 heavy (non-hydrogen) atoms. The SMILES string of the molecule is CC(Cc1ccc(F)cc1)Nc1nc2c(N)cccc2o1. The van der Waals surface area contributed by atoms with Crippen molar-refractivity contribution >= 4 is 22.8 Å². The summed E-state index contributed by atoms with van der Waals surface area (Å²) >= 11 is 0. The molecule has 1 heterocycles. The van der Waals surface area contributed by atoms with Crippen molar-refractivity contribution in [2.75, 3.05) is 11.1 Å². The van der Waals surface area contributed by atoms with Gasteiger partial charge in [-0.05, 0) is 43.2 Å². The first kappa shape index (κ1) is 13.4. The summed E-state index contributed by atoms with van der Waals surface area (Å²) in [5.41, 5.74) is 8.81. The number of benzene rings is 2. The minimum Gasteiger partial charge on any atom is -0.423 e. The molecule has 0 saturated carbocycles. The Balaban J connectivity index is 1.72. The van der Waals surface area contributed by atoms with E-state index >= 15 is 0 Å². The maximum absolute atomic E-state index is 12.9. The van der Waals surface area contributed by atoms with Crippen LogP contribution in [0.5, 0.6) is 0 Å². The van der Waals surface area contributed by atoms with Gasteiger partial charge in [-0.1, -0.05) is 18.2 Å². The summed E-state index contributed by atoms with van der Waals surface area (Å²) in [5.74, 6) is -0.228. The predicted octanol–water partition coefficient (Wildman–Crippen LogP) is 3.59. The lowest BCUT2D eigenvalue weighted by Crippen LogP contribution is -2.18. The summed E-state index contributed by atoms with van der Waals surface area (Å²) in [4.78, 5) is 4.35. The number of nitrogens with two attached hydrogens (primary N) is 1. The van der Waals surface area contributed by atoms with Crippen molar-refractivity contribution in [2.24, 2.45) is 0 Å². The highest BCUT2D eigenvalue weighted by Gasteiger charge is 2.11. The molecular formula is C16H16FN3O. The molecule has 0 amide bonds. The number of hydrogen-bond acceptors (Lipinski definition) is 4. The summed E-state index contributed by atoms with van der Waals surface area (Å²) < 4.78 is 18.5. The summed E-state index contributed by atoms with van der Waals surface area (Å²) in [6.45, 7) is 2.02. The van der Waals surface area contributed by atoms with Gasteiger partial charge in [-0.3, -0.25) is 0 Å². The molecule has 5 heteroatoms. The van der Waals surface area contributed by atoms with Gasteiger partial charge >= 0.3 is 0 Å². The zero-order valence-electron chi connectivity index (χ0n) is 11.6. The lowest BCUT2D eigenvalue weighted by molar-refractivity contribution is 0.598. The van der Waals surface area contributed by atoms with E-state index in [-0.39, 0.29) is 11.9 Å². The number of fused-ring (bicyclic) bond motifs is 1. The van der Waals surface area contributed by atoms with Crippen LogP contribution in [0.25, 0.3) is 11.1 Å². The largest absolute Gasteiger partial charge is 0.423 e. The molecule has 0 aliphatic rings. The first-order valence-corrected chi connectivity index (χ1v) is 6.78. The number of nitrogen functional groups attached to an aromatic ring is 1. The monoisotopic (exact) mass is 285 g/mol. The first-order valence-electron chi connectivity index (χ1n) is 6.78. The Bertz CT molecular complexity index is 752. The van der Waals surface area contributed by atoms with Crippen LogP contribution >= 0.6 is 0 Å². The third-order valence-electron chi connectivity index (χ3n) is 3.28. The Morgan fingerprint density at radius 2 is 2.00 bits per heavy atom. The van der Waals surface area contributed by atoms with Crippen molar-refractivity contribution in [1.29, 1.82) is 0 Å². The van der Waals surface area contributed by atoms with Gasteiger partial charge < -0.3 is 15.5 Å². The average Bonchev–Trinajstić information content (AvgIpc) is 2.85. The van der Waals surface area contributed by atoms with Crippen molar-refractivity contribution in [1.82, 2.24) is 4.98 Å². The standard InChI is InChI=1S/C16H16FN3O/c1-10(9-11-5-7-12(17)8-6-11)19-16-20-15-13(18)3-2-4-14(15)21-16/h2-8,10H,9,18H2,1H3,(H,19,20). The Labute approximate surface area is 121 Å². The van der Waals surface area contributed by atoms with Crippen molar-refractivity contribution < 1.29 is 8.81 Å². The number of rotatable bonds is 4. The third kappa shape index (κ3) is 2.97. The third-order valence-corrected chi connectivity index (χ3v) is 3.28. The van der Waals surface area contributed by atoms with Gasteiger partial charge in [-0.25, -0.2) is 4.39 Å². The smallest absolute Gasteiger partial charge is 0.295 e. The molecule has 0 radical (unpaired) electrons. The van der Waals surface area contributed by atoms with E-state index in [0.717, 1.165) is 12.0 Å². The average molecular weight is 285 g/mol. The lowest BCUT2D eigenvalue weighted by atomic mass is 10.1. The van der Waals surface area contributed by atoms with Crippen LogP contribution in [0.1, 0.15) is 12.5 Å². The molecule has 2 aromatic carbocycles. The maximum Gasteiger partial charge on any atom is 0.295 e. The summed E-state index contributed by atoms with van der Waals surface area (Å²) in [6, 6.07) is 12.5. The number of nitrogens with one attached hydrogen (secondary N) is 1. The van der Waals surface area contributed by atoms with E-state index in [4.69, 9.17) is 10.2 Å². The highest BCUT2D eigenvalue weighted by molar-refractivity contribution is 5.86. The normalized spacial score (nSPS) is 12.5. The lowest BCUT2D eigenvalue weighted by Gasteiger charge is -2.11. The maximum atomic E-state index is 12.9. The predicted molar refractivity (Wildman–Crippen MR) is 81.6 cm³/mol. The van der Waals surface area contributed by atoms with E-state index < -0.39 is 0 Å². The topological polar surface area (TPSA) is 64.1 Å². The molecule has 0 spiro atoms. The number of halogens is 1. The van der Waals surface area contributed by atoms with Crippen LogP contribution in [0.15, 0.2) is 46.9 Å². The van der Waals surface area contributed by atoms with Gasteiger partial charge in [0.05, 0.1) is 5.69 Å². The highest BCUT2D eigenvalue weighted by atomic mass is 19.1. The molecule has 0 saturated heterocycles. The highest BCUT2D eigenvalue weighted by Crippen LogP contribution is 2.24. The Morgan fingerprint density at radius 3 is 2.71 bits per heavy atom. The molecule has 1 atom stereocenters. The second-order valence-electron chi connectivity index (χ2n) is 5.09. The summed E-state index contributed by atoms with van der Waals surface area (Å²) in [7, 11) is 0. The van der Waals surface area contributed by atoms with E-state index in [2.05, 4.69) is 10.3 Å². The molecule has 0 aliphatic heterocycles. The van der Waals surface area contributed by atoms with Gasteiger partial charge in [0.2, 0.25) is 0 Å². The van der Waals surface area contributed by atoms with Crippen LogP contribution in [0.4, 0.5) is 16.1 Å². The molecule has 4 nitrogen and oxygen atoms in total. The van der Waals surface area contributed by atoms with Crippen molar-refractivity contribution in [2.45, 2.75) is 19.4 Å². The second kappa shape index (κ2) is 5.44. The van der Waals surface area contributed by atoms with Gasteiger partial charge in [0, 0.05) is 6.04 Å². The van der Waals surface area contributed by atoms with E-state index in [0.29, 0.717) is 22.8 Å². The Hall–Kier alpha value is -2.56. The molecule has 0 bridgehead atoms. The van der Waals surface area contributed by atoms with Gasteiger partial charge in [0.25, 0.3) is 6.01 Å². The number of para-hydroxylation sites is 1. The molecular weight excluding hydrogens is 269 g/mol. The molecule has 1 aromatic heterocycles. The van der Waals surface area contributed by atoms with Crippen LogP contribution in [0.3, 0.4) is 0 Å². The van der Waals surface area contributed by atoms with Crippen molar-refractivity contribution in [3.05, 3.63) is 53.8 Å². The molecule has 3 aromatic rings. The minimum atomic E-state index is -0.228. The van der Waals surface area contributed by atoms with E-state index in [1.807, 2.05) is 19.1 Å². The fraction of sp³-hybridized carbons (Fsp3) is 0.188. The summed E-state index contributed by atoms with van der Waals surface area (Å²) in [6.07, 6.45) is 0.745. The molecule has 108 valence electrons. The number of oxazole rings is 1. The molecule has 0 aliphatic carbocycles. The molecule has 3 N–H and O–H groups in total. The summed E-state index contributed by atoms with van der Waals surface area (Å²) in [5, 5.41) is 3.19. The number of anilines is 2. The Kier molecular flexibility index (Phi) is 3.48. The van der Waals surface area contributed by atoms with Crippen LogP contribution in [0, 0.1) is 5.82 Å². The zero-order chi connectivity index (χ0) is 14.8. The zero-order valence-corrected chi connectivity index (χ0v) is 11.6. The van der Waals surface area contributed by atoms with Gasteiger partial charge in [-0.2, -0.15) is 4.98 Å². The van der Waals surface area contributed by atoms with E-state index in [9.17, 15) is 4.39 Å². The van der Waals surface area contributed by atoms with E-state index in [1.165, 1.54) is 12.1 Å². The van der Waals surface area contributed by atoms with Gasteiger partial charge in [-0.15, -0.1) is 0 Å². The quantitative estimate of drug-likeness (QED) is 0.719. The number of aromatic nitrogens is 1. The van der Waals surface area contributed by atoms with Crippen LogP contribution in [-0.2, 0) is 6.42 Å². The molecule has 1 unspecified atom stereocenters. The van der Waals surface area contributed by atoms with Gasteiger partial charge in [0.15, 0.2) is 5.58 Å². The van der Waals surface area contributed by atoms with E-state index in [1.54, 1.807) is 18.2 Å². The molecule has 0 fully saturated rings. The van der Waals surface area contributed by atoms with Crippen LogP contribution < -0.4 is 11.1 Å². The Morgan fingerprint density at radius 1 is 1.24 bits per heavy atom. The fourth-order valence-corrected chi connectivity index (χ4v) is 2.27. The van der Waals surface area contributed by atoms with Crippen LogP contribution in [0.2, 0.25) is 0 Å². The van der Waals surface area contributed by atoms with Crippen molar-refractivity contribution in [3.63, 3.8) is 0 Å². The van der Waals surface area contributed by atoms with Gasteiger partial charge in [0.1, 0.15) is 11.3 Å². The molecule has 3 rings (SSSR count). The first-order chi connectivity index (χ1) is 10.1. The van der Waals surface area contributed by atoms with Crippen LogP contribution in [-0.4, -0.2) is 11.0 Å². The van der Waals surface area contributed by atoms with Crippen molar-refractivity contribution in [3.8, 4) is 0 Å². The fourth-order valence-electron chi connectivity index (χ4n) is 2.27. The number of nitrogens with zero attached hydrogens (tertiary/aromatic N) is 1. The second-order valence-corrected chi connectivity index (χ2v) is 5.09. The number of hydrogen-bond donors (Lipinski definition) is 2.